The van der Waals surface area contributed by atoms with Gasteiger partial charge in [0.15, 0.2) is 0 Å². The average Bonchev–Trinajstić information content (AvgIpc) is 3.42. The number of halogens is 1. The maximum absolute atomic E-state index is 13.1. The van der Waals surface area contributed by atoms with E-state index in [0.29, 0.717) is 22.5 Å². The van der Waals surface area contributed by atoms with Crippen molar-refractivity contribution < 1.29 is 18.7 Å². The Hall–Kier alpha value is -3.71. The zero-order chi connectivity index (χ0) is 21.1. The van der Waals surface area contributed by atoms with E-state index in [1.54, 1.807) is 43.6 Å². The molecular formula is C23H20FN3O3. The predicted molar refractivity (Wildman–Crippen MR) is 110 cm³/mol. The minimum atomic E-state index is -0.857. The molecule has 0 aliphatic rings. The van der Waals surface area contributed by atoms with Crippen LogP contribution in [0.25, 0.3) is 22.6 Å². The van der Waals surface area contributed by atoms with Crippen LogP contribution in [-0.2, 0) is 7.05 Å². The minimum absolute atomic E-state index is 0.0516. The van der Waals surface area contributed by atoms with Crippen molar-refractivity contribution in [1.82, 2.24) is 15.1 Å². The number of nitrogens with one attached hydrogen (secondary N) is 1. The standard InChI is InChI=1S/C23H20FN3O3/c1-27-20(13-19(26-27)15-8-10-18(24)11-9-15)23(29)25-14-21(28)16-4-6-17(7-5-16)22-3-2-12-30-22/h2-13,21,28H,14H2,1H3,(H,25,29)/t21-/m0/s1. The fourth-order valence-corrected chi connectivity index (χ4v) is 3.15. The Kier molecular flexibility index (Phi) is 5.45. The Morgan fingerprint density at radius 2 is 1.83 bits per heavy atom. The van der Waals surface area contributed by atoms with Gasteiger partial charge in [0.1, 0.15) is 17.3 Å². The normalized spacial score (nSPS) is 12.0. The Morgan fingerprint density at radius 1 is 1.13 bits per heavy atom. The van der Waals surface area contributed by atoms with Gasteiger partial charge in [0, 0.05) is 24.7 Å². The zero-order valence-electron chi connectivity index (χ0n) is 16.2. The number of carbonyl (C=O) groups excluding carboxylic acids is 1. The number of rotatable bonds is 6. The molecule has 2 aromatic carbocycles. The smallest absolute Gasteiger partial charge is 0.269 e. The highest BCUT2D eigenvalue weighted by Crippen LogP contribution is 2.23. The second-order valence-corrected chi connectivity index (χ2v) is 6.87. The van der Waals surface area contributed by atoms with E-state index in [2.05, 4.69) is 10.4 Å². The SMILES string of the molecule is Cn1nc(-c2ccc(F)cc2)cc1C(=O)NC[C@H](O)c1ccc(-c2ccco2)cc1. The van der Waals surface area contributed by atoms with E-state index >= 15 is 0 Å². The van der Waals surface area contributed by atoms with Crippen molar-refractivity contribution in [3.63, 3.8) is 0 Å². The molecule has 2 N–H and O–H groups in total. The Labute approximate surface area is 172 Å². The van der Waals surface area contributed by atoms with Crippen LogP contribution in [0.1, 0.15) is 22.2 Å². The fraction of sp³-hybridized carbons (Fsp3) is 0.130. The first-order valence-corrected chi connectivity index (χ1v) is 9.41. The van der Waals surface area contributed by atoms with Gasteiger partial charge in [0.2, 0.25) is 0 Å². The molecule has 0 radical (unpaired) electrons. The number of hydrogen-bond donors (Lipinski definition) is 2. The van der Waals surface area contributed by atoms with Gasteiger partial charge in [0.05, 0.1) is 18.1 Å². The van der Waals surface area contributed by atoms with Crippen molar-refractivity contribution in [2.24, 2.45) is 7.05 Å². The molecule has 2 aromatic heterocycles. The highest BCUT2D eigenvalue weighted by Gasteiger charge is 2.16. The Bertz CT molecular complexity index is 1130. The number of aromatic nitrogens is 2. The minimum Gasteiger partial charge on any atom is -0.464 e. The van der Waals surface area contributed by atoms with Gasteiger partial charge in [-0.15, -0.1) is 0 Å². The summed E-state index contributed by atoms with van der Waals surface area (Å²) in [4.78, 5) is 12.6. The number of aliphatic hydroxyl groups excluding tert-OH is 1. The molecule has 0 aliphatic heterocycles. The fourth-order valence-electron chi connectivity index (χ4n) is 3.15. The molecule has 0 aliphatic carbocycles. The Morgan fingerprint density at radius 3 is 2.50 bits per heavy atom. The van der Waals surface area contributed by atoms with Crippen LogP contribution in [0.4, 0.5) is 4.39 Å². The van der Waals surface area contributed by atoms with Crippen molar-refractivity contribution in [3.8, 4) is 22.6 Å². The lowest BCUT2D eigenvalue weighted by atomic mass is 10.1. The summed E-state index contributed by atoms with van der Waals surface area (Å²) in [6, 6.07) is 18.5. The molecule has 0 unspecified atom stereocenters. The largest absolute Gasteiger partial charge is 0.464 e. The van der Waals surface area contributed by atoms with Crippen LogP contribution in [0.5, 0.6) is 0 Å². The maximum Gasteiger partial charge on any atom is 0.269 e. The van der Waals surface area contributed by atoms with Crippen LogP contribution in [-0.4, -0.2) is 27.3 Å². The van der Waals surface area contributed by atoms with Gasteiger partial charge in [0.25, 0.3) is 5.91 Å². The molecule has 1 amide bonds. The van der Waals surface area contributed by atoms with Crippen LogP contribution in [0.3, 0.4) is 0 Å². The highest BCUT2D eigenvalue weighted by molar-refractivity contribution is 5.93. The van der Waals surface area contributed by atoms with Crippen molar-refractivity contribution >= 4 is 5.91 Å². The van der Waals surface area contributed by atoms with Gasteiger partial charge in [-0.3, -0.25) is 9.48 Å². The van der Waals surface area contributed by atoms with Crippen LogP contribution < -0.4 is 5.32 Å². The Balaban J connectivity index is 1.40. The van der Waals surface area contributed by atoms with E-state index in [-0.39, 0.29) is 18.3 Å². The molecule has 152 valence electrons. The molecule has 4 aromatic rings. The summed E-state index contributed by atoms with van der Waals surface area (Å²) in [6.45, 7) is 0.0516. The summed E-state index contributed by atoms with van der Waals surface area (Å²) in [5, 5.41) is 17.5. The first kappa shape index (κ1) is 19.6. The van der Waals surface area contributed by atoms with Gasteiger partial charge >= 0.3 is 0 Å². The van der Waals surface area contributed by atoms with E-state index in [1.165, 1.54) is 16.8 Å². The van der Waals surface area contributed by atoms with Crippen molar-refractivity contribution in [1.29, 1.82) is 0 Å². The van der Waals surface area contributed by atoms with E-state index in [4.69, 9.17) is 4.42 Å². The first-order valence-electron chi connectivity index (χ1n) is 9.41. The number of hydrogen-bond acceptors (Lipinski definition) is 4. The molecule has 0 saturated heterocycles. The van der Waals surface area contributed by atoms with Gasteiger partial charge in [-0.2, -0.15) is 5.10 Å². The van der Waals surface area contributed by atoms with E-state index in [0.717, 1.165) is 11.3 Å². The van der Waals surface area contributed by atoms with Gasteiger partial charge in [-0.1, -0.05) is 24.3 Å². The number of nitrogens with zero attached hydrogens (tertiary/aromatic N) is 2. The van der Waals surface area contributed by atoms with E-state index in [9.17, 15) is 14.3 Å². The third-order valence-corrected chi connectivity index (χ3v) is 4.81. The first-order chi connectivity index (χ1) is 14.5. The quantitative estimate of drug-likeness (QED) is 0.509. The number of aliphatic hydroxyl groups is 1. The lowest BCUT2D eigenvalue weighted by Gasteiger charge is -2.12. The number of amides is 1. The number of furan rings is 1. The molecule has 2 heterocycles. The summed E-state index contributed by atoms with van der Waals surface area (Å²) >= 11 is 0. The summed E-state index contributed by atoms with van der Waals surface area (Å²) < 4.78 is 19.9. The molecule has 0 saturated carbocycles. The maximum atomic E-state index is 13.1. The van der Waals surface area contributed by atoms with E-state index < -0.39 is 6.10 Å². The van der Waals surface area contributed by atoms with Crippen LogP contribution in [0, 0.1) is 5.82 Å². The van der Waals surface area contributed by atoms with Gasteiger partial charge < -0.3 is 14.8 Å². The summed E-state index contributed by atoms with van der Waals surface area (Å²) in [5.41, 5.74) is 3.21. The summed E-state index contributed by atoms with van der Waals surface area (Å²) in [5.74, 6) is 0.0564. The van der Waals surface area contributed by atoms with E-state index in [1.807, 2.05) is 24.3 Å². The molecule has 1 atom stereocenters. The lowest BCUT2D eigenvalue weighted by Crippen LogP contribution is -2.29. The molecule has 0 bridgehead atoms. The molecule has 0 spiro atoms. The van der Waals surface area contributed by atoms with Crippen molar-refractivity contribution in [2.75, 3.05) is 6.54 Å². The molecular weight excluding hydrogens is 385 g/mol. The number of carbonyl (C=O) groups is 1. The molecule has 4 rings (SSSR count). The van der Waals surface area contributed by atoms with Crippen LogP contribution in [0.2, 0.25) is 0 Å². The summed E-state index contributed by atoms with van der Waals surface area (Å²) in [6.07, 6.45) is 0.748. The predicted octanol–water partition coefficient (Wildman–Crippen LogP) is 3.95. The second-order valence-electron chi connectivity index (χ2n) is 6.87. The average molecular weight is 405 g/mol. The molecule has 0 fully saturated rings. The van der Waals surface area contributed by atoms with Gasteiger partial charge in [-0.25, -0.2) is 4.39 Å². The van der Waals surface area contributed by atoms with Crippen molar-refractivity contribution in [3.05, 3.63) is 90.1 Å². The summed E-state index contributed by atoms with van der Waals surface area (Å²) in [7, 11) is 1.66. The highest BCUT2D eigenvalue weighted by atomic mass is 19.1. The zero-order valence-corrected chi connectivity index (χ0v) is 16.2. The number of benzene rings is 2. The lowest BCUT2D eigenvalue weighted by molar-refractivity contribution is 0.0907. The van der Waals surface area contributed by atoms with Crippen molar-refractivity contribution in [2.45, 2.75) is 6.10 Å². The van der Waals surface area contributed by atoms with Gasteiger partial charge in [-0.05, 0) is 48.0 Å². The molecule has 7 heteroatoms. The van der Waals surface area contributed by atoms with Crippen LogP contribution in [0.15, 0.2) is 77.4 Å². The third kappa shape index (κ3) is 4.16. The topological polar surface area (TPSA) is 80.3 Å². The molecule has 6 nitrogen and oxygen atoms in total. The number of aryl methyl sites for hydroxylation is 1. The second kappa shape index (κ2) is 8.34. The third-order valence-electron chi connectivity index (χ3n) is 4.81. The monoisotopic (exact) mass is 405 g/mol. The van der Waals surface area contributed by atoms with Crippen LogP contribution >= 0.6 is 0 Å². The molecule has 30 heavy (non-hydrogen) atoms.